The van der Waals surface area contributed by atoms with Gasteiger partial charge in [-0.15, -0.1) is 0 Å². The van der Waals surface area contributed by atoms with E-state index < -0.39 is 9.52 Å². The number of hydrogen-bond acceptors (Lipinski definition) is 2. The number of rotatable bonds is 13. The third-order valence-electron chi connectivity index (χ3n) is 8.70. The molecule has 5 aromatic carbocycles. The van der Waals surface area contributed by atoms with Crippen molar-refractivity contribution >= 4 is 32.3 Å². The van der Waals surface area contributed by atoms with E-state index in [1.807, 2.05) is 12.5 Å². The molecule has 0 amide bonds. The third-order valence-corrected chi connectivity index (χ3v) is 11.3. The molecule has 0 radical (unpaired) electrons. The van der Waals surface area contributed by atoms with E-state index in [1.54, 1.807) is 0 Å². The number of benzene rings is 5. The molecular formula is C41H45BN2OSi. The van der Waals surface area contributed by atoms with E-state index in [2.05, 4.69) is 175 Å². The molecule has 3 nitrogen and oxygen atoms in total. The SMILES string of the molecule is CB(c1ccccc1)c1ccccc1.CCCCCCOc1ccc([SiH2]C(c2ccccc2)(c2ccccc2)n2ccnc2)cc1. The van der Waals surface area contributed by atoms with Crippen LogP contribution in [0.2, 0.25) is 6.82 Å². The second kappa shape index (κ2) is 17.2. The number of nitrogens with zero attached hydrogens (tertiary/aromatic N) is 2. The molecule has 0 N–H and O–H groups in total. The lowest BCUT2D eigenvalue weighted by Gasteiger charge is -2.37. The molecule has 232 valence electrons. The molecule has 0 fully saturated rings. The fraction of sp³-hybridized carbons (Fsp3) is 0.195. The standard InChI is InChI=1S/C28H32N2OSi.C13H13B/c1-2-3-4-11-22-31-26-16-18-27(19-17-26)32-28(30-21-20-29-23-30,24-12-7-5-8-13-24)25-14-9-6-10-15-25;1-14(12-8-4-2-5-9-12)13-10-6-3-7-11-13/h5-10,12-21,23H,2-4,11,22,32H2,1H3;2-11H,1H3. The summed E-state index contributed by atoms with van der Waals surface area (Å²) in [6.07, 6.45) is 10.8. The Hall–Kier alpha value is -4.61. The molecular weight excluding hydrogens is 575 g/mol. The summed E-state index contributed by atoms with van der Waals surface area (Å²) in [5, 5.41) is 1.14. The molecule has 0 spiro atoms. The van der Waals surface area contributed by atoms with Crippen molar-refractivity contribution in [1.82, 2.24) is 9.55 Å². The maximum Gasteiger partial charge on any atom is 0.206 e. The second-order valence-electron chi connectivity index (χ2n) is 11.8. The number of ether oxygens (including phenoxy) is 1. The highest BCUT2D eigenvalue weighted by molar-refractivity contribution is 6.84. The molecule has 6 aromatic rings. The van der Waals surface area contributed by atoms with Crippen LogP contribution < -0.4 is 20.8 Å². The van der Waals surface area contributed by atoms with Crippen molar-refractivity contribution in [2.45, 2.75) is 44.6 Å². The van der Waals surface area contributed by atoms with Crippen LogP contribution in [0.1, 0.15) is 43.7 Å². The molecule has 1 aromatic heterocycles. The van der Waals surface area contributed by atoms with Crippen LogP contribution in [-0.2, 0) is 5.16 Å². The molecule has 0 saturated carbocycles. The Balaban J connectivity index is 0.000000247. The third kappa shape index (κ3) is 8.55. The number of imidazole rings is 1. The predicted octanol–water partition coefficient (Wildman–Crippen LogP) is 7.01. The number of aromatic nitrogens is 2. The first-order chi connectivity index (χ1) is 22.7. The van der Waals surface area contributed by atoms with E-state index in [0.29, 0.717) is 6.71 Å². The quantitative estimate of drug-likeness (QED) is 0.103. The van der Waals surface area contributed by atoms with Crippen molar-refractivity contribution in [3.63, 3.8) is 0 Å². The lowest BCUT2D eigenvalue weighted by Crippen LogP contribution is -2.46. The maximum absolute atomic E-state index is 5.98. The van der Waals surface area contributed by atoms with Gasteiger partial charge in [-0.2, -0.15) is 0 Å². The summed E-state index contributed by atoms with van der Waals surface area (Å²) in [4.78, 5) is 4.41. The molecule has 0 aliphatic rings. The van der Waals surface area contributed by atoms with Gasteiger partial charge in [-0.1, -0.05) is 183 Å². The van der Waals surface area contributed by atoms with Crippen molar-refractivity contribution in [3.8, 4) is 5.75 Å². The summed E-state index contributed by atoms with van der Waals surface area (Å²) in [5.74, 6) is 0.965. The Kier molecular flexibility index (Phi) is 12.2. The minimum absolute atomic E-state index is 0.248. The Morgan fingerprint density at radius 3 is 1.65 bits per heavy atom. The van der Waals surface area contributed by atoms with Gasteiger partial charge in [-0.3, -0.25) is 0 Å². The van der Waals surface area contributed by atoms with Crippen LogP contribution in [0.15, 0.2) is 164 Å². The summed E-state index contributed by atoms with van der Waals surface area (Å²) in [6.45, 7) is 5.75. The minimum atomic E-state index is -0.849. The van der Waals surface area contributed by atoms with E-state index in [0.717, 1.165) is 18.8 Å². The molecule has 1 heterocycles. The molecule has 0 aliphatic heterocycles. The first-order valence-corrected chi connectivity index (χ1v) is 18.0. The first kappa shape index (κ1) is 32.8. The molecule has 6 rings (SSSR count). The molecule has 0 aliphatic carbocycles. The van der Waals surface area contributed by atoms with Crippen LogP contribution in [0.5, 0.6) is 5.75 Å². The molecule has 5 heteroatoms. The molecule has 0 saturated heterocycles. The van der Waals surface area contributed by atoms with E-state index in [9.17, 15) is 0 Å². The van der Waals surface area contributed by atoms with Crippen LogP contribution in [0.4, 0.5) is 0 Å². The van der Waals surface area contributed by atoms with Crippen LogP contribution in [-0.4, -0.2) is 32.4 Å². The summed E-state index contributed by atoms with van der Waals surface area (Å²) in [6, 6.07) is 51.7. The minimum Gasteiger partial charge on any atom is -0.494 e. The van der Waals surface area contributed by atoms with E-state index in [4.69, 9.17) is 4.74 Å². The Bertz CT molecular complexity index is 1580. The largest absolute Gasteiger partial charge is 0.494 e. The first-order valence-electron chi connectivity index (χ1n) is 16.6. The van der Waals surface area contributed by atoms with Crippen molar-refractivity contribution in [2.75, 3.05) is 6.61 Å². The fourth-order valence-electron chi connectivity index (χ4n) is 6.07. The second-order valence-corrected chi connectivity index (χ2v) is 14.0. The van der Waals surface area contributed by atoms with Crippen molar-refractivity contribution in [2.24, 2.45) is 0 Å². The lowest BCUT2D eigenvalue weighted by atomic mass is 9.43. The van der Waals surface area contributed by atoms with Crippen molar-refractivity contribution < 1.29 is 4.74 Å². The van der Waals surface area contributed by atoms with Crippen molar-refractivity contribution in [3.05, 3.63) is 175 Å². The summed E-state index contributed by atoms with van der Waals surface area (Å²) < 4.78 is 8.27. The van der Waals surface area contributed by atoms with Gasteiger partial charge in [-0.25, -0.2) is 4.98 Å². The summed E-state index contributed by atoms with van der Waals surface area (Å²) >= 11 is 0. The Morgan fingerprint density at radius 2 is 1.17 bits per heavy atom. The van der Waals surface area contributed by atoms with Gasteiger partial charge in [0.25, 0.3) is 0 Å². The lowest BCUT2D eigenvalue weighted by molar-refractivity contribution is 0.305. The Morgan fingerprint density at radius 1 is 0.652 bits per heavy atom. The van der Waals surface area contributed by atoms with Gasteiger partial charge in [0, 0.05) is 12.4 Å². The number of hydrogen-bond donors (Lipinski definition) is 0. The highest BCUT2D eigenvalue weighted by Crippen LogP contribution is 2.33. The van der Waals surface area contributed by atoms with Crippen LogP contribution >= 0.6 is 0 Å². The van der Waals surface area contributed by atoms with Gasteiger partial charge in [0.15, 0.2) is 0 Å². The van der Waals surface area contributed by atoms with Crippen LogP contribution in [0, 0.1) is 0 Å². The topological polar surface area (TPSA) is 27.1 Å². The maximum atomic E-state index is 5.98. The zero-order valence-corrected chi connectivity index (χ0v) is 28.6. The molecule has 0 unspecified atom stereocenters. The average molecular weight is 621 g/mol. The fourth-order valence-corrected chi connectivity index (χ4v) is 8.38. The van der Waals surface area contributed by atoms with Gasteiger partial charge in [-0.05, 0) is 29.7 Å². The van der Waals surface area contributed by atoms with Crippen LogP contribution in [0.25, 0.3) is 0 Å². The highest BCUT2D eigenvalue weighted by Gasteiger charge is 2.36. The molecule has 46 heavy (non-hydrogen) atoms. The normalized spacial score (nSPS) is 11.2. The zero-order chi connectivity index (χ0) is 31.9. The van der Waals surface area contributed by atoms with Crippen LogP contribution in [0.3, 0.4) is 0 Å². The van der Waals surface area contributed by atoms with Gasteiger partial charge in [0.05, 0.1) is 27.6 Å². The van der Waals surface area contributed by atoms with Crippen molar-refractivity contribution in [1.29, 1.82) is 0 Å². The van der Waals surface area contributed by atoms with Gasteiger partial charge < -0.3 is 9.30 Å². The summed E-state index contributed by atoms with van der Waals surface area (Å²) in [5.41, 5.74) is 5.34. The number of unbranched alkanes of at least 4 members (excludes halogenated alkanes) is 3. The Labute approximate surface area is 278 Å². The predicted molar refractivity (Wildman–Crippen MR) is 199 cm³/mol. The van der Waals surface area contributed by atoms with E-state index in [-0.39, 0.29) is 5.16 Å². The van der Waals surface area contributed by atoms with Gasteiger partial charge in [0.1, 0.15) is 5.75 Å². The van der Waals surface area contributed by atoms with Gasteiger partial charge in [0.2, 0.25) is 6.71 Å². The highest BCUT2D eigenvalue weighted by atomic mass is 28.2. The molecule has 0 bridgehead atoms. The molecule has 0 atom stereocenters. The van der Waals surface area contributed by atoms with Gasteiger partial charge >= 0.3 is 0 Å². The monoisotopic (exact) mass is 620 g/mol. The van der Waals surface area contributed by atoms with E-state index in [1.165, 1.54) is 46.5 Å². The smallest absolute Gasteiger partial charge is 0.206 e. The van der Waals surface area contributed by atoms with E-state index >= 15 is 0 Å². The summed E-state index contributed by atoms with van der Waals surface area (Å²) in [7, 11) is -0.849. The average Bonchev–Trinajstić information content (AvgIpc) is 3.68. The zero-order valence-electron chi connectivity index (χ0n) is 27.2.